The summed E-state index contributed by atoms with van der Waals surface area (Å²) in [5, 5.41) is 8.14. The van der Waals surface area contributed by atoms with Crippen LogP contribution in [0.15, 0.2) is 6.07 Å². The third-order valence-electron chi connectivity index (χ3n) is 5.64. The second kappa shape index (κ2) is 9.84. The van der Waals surface area contributed by atoms with Gasteiger partial charge in [0.05, 0.1) is 22.2 Å². The van der Waals surface area contributed by atoms with Crippen LogP contribution < -0.4 is 11.1 Å². The van der Waals surface area contributed by atoms with Crippen molar-refractivity contribution in [2.75, 3.05) is 13.1 Å². The topological polar surface area (TPSA) is 81.1 Å². The van der Waals surface area contributed by atoms with Gasteiger partial charge in [-0.2, -0.15) is 18.3 Å². The Kier molecular flexibility index (Phi) is 7.57. The molecule has 0 aliphatic heterocycles. The molecule has 3 heterocycles. The van der Waals surface area contributed by atoms with Crippen LogP contribution in [-0.2, 0) is 6.18 Å². The highest BCUT2D eigenvalue weighted by Crippen LogP contribution is 2.44. The molecule has 10 heteroatoms. The van der Waals surface area contributed by atoms with E-state index < -0.39 is 17.9 Å². The fourth-order valence-electron chi connectivity index (χ4n) is 3.97. The third kappa shape index (κ3) is 4.67. The number of nitrogens with two attached hydrogens (primary N) is 1. The zero-order valence-corrected chi connectivity index (χ0v) is 20.0. The number of thiazole rings is 1. The zero-order valence-electron chi connectivity index (χ0n) is 19.2. The molecular weight excluding hydrogens is 437 g/mol. The maximum atomic E-state index is 14.0. The molecule has 1 atom stereocenters. The first-order chi connectivity index (χ1) is 15.2. The van der Waals surface area contributed by atoms with Gasteiger partial charge < -0.3 is 11.1 Å². The average Bonchev–Trinajstić information content (AvgIpc) is 3.30. The Morgan fingerprint density at radius 1 is 1.16 bits per heavy atom. The second-order valence-electron chi connectivity index (χ2n) is 8.00. The molecule has 0 aliphatic carbocycles. The molecule has 3 aromatic heterocycles. The predicted octanol–water partition coefficient (Wildman–Crippen LogP) is 5.39. The molecule has 0 aliphatic rings. The van der Waals surface area contributed by atoms with Gasteiger partial charge in [0.1, 0.15) is 5.01 Å². The summed E-state index contributed by atoms with van der Waals surface area (Å²) in [7, 11) is 0. The summed E-state index contributed by atoms with van der Waals surface area (Å²) >= 11 is 1.02. The minimum Gasteiger partial charge on any atom is -0.329 e. The number of hydrogen-bond acceptors (Lipinski definition) is 6. The maximum absolute atomic E-state index is 14.0. The molecule has 1 unspecified atom stereocenters. The summed E-state index contributed by atoms with van der Waals surface area (Å²) in [6.45, 7) is 10.6. The molecule has 0 amide bonds. The van der Waals surface area contributed by atoms with Gasteiger partial charge in [-0.3, -0.25) is 0 Å². The van der Waals surface area contributed by atoms with E-state index in [9.17, 15) is 13.2 Å². The van der Waals surface area contributed by atoms with E-state index in [2.05, 4.69) is 34.2 Å². The number of halogens is 3. The van der Waals surface area contributed by atoms with E-state index in [0.29, 0.717) is 28.5 Å². The zero-order chi connectivity index (χ0) is 23.6. The highest BCUT2D eigenvalue weighted by molar-refractivity contribution is 7.15. The Morgan fingerprint density at radius 3 is 2.41 bits per heavy atom. The molecule has 3 rings (SSSR count). The molecule has 0 fully saturated rings. The predicted molar refractivity (Wildman–Crippen MR) is 122 cm³/mol. The van der Waals surface area contributed by atoms with Gasteiger partial charge in [-0.05, 0) is 45.7 Å². The van der Waals surface area contributed by atoms with Gasteiger partial charge in [0, 0.05) is 23.9 Å². The molecule has 176 valence electrons. The first kappa shape index (κ1) is 24.6. The Labute approximate surface area is 190 Å². The molecular formula is C22H31F3N6S. The van der Waals surface area contributed by atoms with Crippen LogP contribution in [-0.4, -0.2) is 32.7 Å². The van der Waals surface area contributed by atoms with Crippen LogP contribution in [0, 0.1) is 13.8 Å². The van der Waals surface area contributed by atoms with Gasteiger partial charge in [-0.15, -0.1) is 11.3 Å². The van der Waals surface area contributed by atoms with E-state index in [1.807, 2.05) is 19.9 Å². The van der Waals surface area contributed by atoms with E-state index in [1.165, 1.54) is 0 Å². The molecule has 32 heavy (non-hydrogen) atoms. The lowest BCUT2D eigenvalue weighted by molar-refractivity contribution is -0.140. The van der Waals surface area contributed by atoms with Crippen molar-refractivity contribution in [2.45, 2.75) is 72.0 Å². The molecule has 0 radical (unpaired) electrons. The summed E-state index contributed by atoms with van der Waals surface area (Å²) < 4.78 is 43.8. The van der Waals surface area contributed by atoms with Crippen molar-refractivity contribution in [3.8, 4) is 10.4 Å². The fraction of sp³-hybridized carbons (Fsp3) is 0.591. The van der Waals surface area contributed by atoms with Crippen LogP contribution in [0.5, 0.6) is 0 Å². The summed E-state index contributed by atoms with van der Waals surface area (Å²) in [6, 6.07) is 1.54. The number of nitrogens with one attached hydrogen (secondary N) is 1. The lowest BCUT2D eigenvalue weighted by Crippen LogP contribution is -2.28. The smallest absolute Gasteiger partial charge is 0.329 e. The van der Waals surface area contributed by atoms with Crippen molar-refractivity contribution in [3.05, 3.63) is 33.8 Å². The van der Waals surface area contributed by atoms with E-state index in [1.54, 1.807) is 11.4 Å². The van der Waals surface area contributed by atoms with Crippen LogP contribution in [0.1, 0.15) is 79.8 Å². The van der Waals surface area contributed by atoms with Crippen LogP contribution in [0.3, 0.4) is 0 Å². The molecule has 0 bridgehead atoms. The van der Waals surface area contributed by atoms with Crippen molar-refractivity contribution < 1.29 is 13.2 Å². The number of alkyl halides is 3. The van der Waals surface area contributed by atoms with E-state index in [-0.39, 0.29) is 17.3 Å². The minimum atomic E-state index is -4.60. The van der Waals surface area contributed by atoms with Gasteiger partial charge >= 0.3 is 6.18 Å². The first-order valence-electron chi connectivity index (χ1n) is 11.0. The van der Waals surface area contributed by atoms with Crippen molar-refractivity contribution >= 4 is 17.0 Å². The largest absolute Gasteiger partial charge is 0.434 e. The quantitative estimate of drug-likeness (QED) is 0.440. The van der Waals surface area contributed by atoms with Crippen LogP contribution in [0.25, 0.3) is 16.1 Å². The Morgan fingerprint density at radius 2 is 1.84 bits per heavy atom. The summed E-state index contributed by atoms with van der Waals surface area (Å²) in [5.41, 5.74) is 8.00. The maximum Gasteiger partial charge on any atom is 0.434 e. The molecule has 0 saturated carbocycles. The number of fused-ring (bicyclic) bond motifs is 1. The molecule has 0 aromatic carbocycles. The summed E-state index contributed by atoms with van der Waals surface area (Å²) in [4.78, 5) is 8.66. The highest BCUT2D eigenvalue weighted by atomic mass is 32.1. The minimum absolute atomic E-state index is 0.0466. The second-order valence-corrected chi connectivity index (χ2v) is 9.03. The number of aryl methyl sites for hydroxylation is 2. The monoisotopic (exact) mass is 468 g/mol. The number of nitrogens with zero attached hydrogens (tertiary/aromatic N) is 4. The van der Waals surface area contributed by atoms with Crippen molar-refractivity contribution in [1.29, 1.82) is 0 Å². The number of rotatable bonds is 9. The number of hydrogen-bond donors (Lipinski definition) is 2. The third-order valence-corrected chi connectivity index (χ3v) is 6.82. The standard InChI is InChI=1S/C22H31F3N6S/c1-6-9-27-15(11-26)21-29-19(22(23,24)25)18(32-21)17-13(5)30-31-16(14(7-2)8-3)10-12(4)28-20(17)31/h10,14-15,27H,6-9,11,26H2,1-5H3. The summed E-state index contributed by atoms with van der Waals surface area (Å²) in [6.07, 6.45) is -1.95. The van der Waals surface area contributed by atoms with Crippen LogP contribution in [0.4, 0.5) is 13.2 Å². The lowest BCUT2D eigenvalue weighted by Gasteiger charge is -2.15. The molecule has 6 nitrogen and oxygen atoms in total. The highest BCUT2D eigenvalue weighted by Gasteiger charge is 2.40. The SMILES string of the molecule is CCCNC(CN)c1nc(C(F)(F)F)c(-c2c(C)nn3c(C(CC)CC)cc(C)nc23)s1. The van der Waals surface area contributed by atoms with Gasteiger partial charge in [0.25, 0.3) is 0 Å². The Bertz CT molecular complexity index is 1070. The normalized spacial score (nSPS) is 13.4. The average molecular weight is 469 g/mol. The summed E-state index contributed by atoms with van der Waals surface area (Å²) in [5.74, 6) is 0.241. The van der Waals surface area contributed by atoms with Crippen molar-refractivity contribution in [1.82, 2.24) is 24.9 Å². The first-order valence-corrected chi connectivity index (χ1v) is 11.9. The Hall–Kier alpha value is -2.04. The van der Waals surface area contributed by atoms with Gasteiger partial charge in [-0.1, -0.05) is 20.8 Å². The van der Waals surface area contributed by atoms with E-state index in [0.717, 1.165) is 42.0 Å². The lowest BCUT2D eigenvalue weighted by atomic mass is 9.98. The van der Waals surface area contributed by atoms with Crippen LogP contribution in [0.2, 0.25) is 0 Å². The van der Waals surface area contributed by atoms with Crippen molar-refractivity contribution in [2.24, 2.45) is 5.73 Å². The van der Waals surface area contributed by atoms with E-state index >= 15 is 0 Å². The van der Waals surface area contributed by atoms with Gasteiger partial charge in [0.2, 0.25) is 0 Å². The van der Waals surface area contributed by atoms with E-state index in [4.69, 9.17) is 5.73 Å². The molecule has 3 N–H and O–H groups in total. The van der Waals surface area contributed by atoms with Gasteiger partial charge in [-0.25, -0.2) is 14.5 Å². The van der Waals surface area contributed by atoms with Gasteiger partial charge in [0.15, 0.2) is 11.3 Å². The molecule has 0 saturated heterocycles. The van der Waals surface area contributed by atoms with Crippen LogP contribution >= 0.6 is 11.3 Å². The molecule has 3 aromatic rings. The molecule has 0 spiro atoms. The Balaban J connectivity index is 2.27. The fourth-order valence-corrected chi connectivity index (χ4v) is 5.24. The number of aromatic nitrogens is 4. The van der Waals surface area contributed by atoms with Crippen molar-refractivity contribution in [3.63, 3.8) is 0 Å².